The van der Waals surface area contributed by atoms with Gasteiger partial charge in [0, 0.05) is 0 Å². The molecular formula is C32H34. The van der Waals surface area contributed by atoms with Gasteiger partial charge in [-0.2, -0.15) is 0 Å². The first-order valence-electron chi connectivity index (χ1n) is 11.7. The monoisotopic (exact) mass is 418 g/mol. The topological polar surface area (TPSA) is 0 Å². The summed E-state index contributed by atoms with van der Waals surface area (Å²) in [6, 6.07) is 20.5. The second kappa shape index (κ2) is 8.79. The van der Waals surface area contributed by atoms with Crippen molar-refractivity contribution in [2.24, 2.45) is 0 Å². The molecule has 32 heavy (non-hydrogen) atoms. The van der Waals surface area contributed by atoms with Crippen LogP contribution < -0.4 is 0 Å². The lowest BCUT2D eigenvalue weighted by Crippen LogP contribution is -1.84. The molecule has 0 nitrogen and oxygen atoms in total. The van der Waals surface area contributed by atoms with Crippen LogP contribution in [0.5, 0.6) is 0 Å². The summed E-state index contributed by atoms with van der Waals surface area (Å²) >= 11 is 0. The van der Waals surface area contributed by atoms with Crippen molar-refractivity contribution in [3.8, 4) is 22.3 Å². The highest BCUT2D eigenvalue weighted by Crippen LogP contribution is 2.39. The average Bonchev–Trinajstić information content (AvgIpc) is 3.20. The minimum atomic E-state index is 0.492. The molecule has 0 spiro atoms. The van der Waals surface area contributed by atoms with Crippen LogP contribution in [0.4, 0.5) is 0 Å². The summed E-state index contributed by atoms with van der Waals surface area (Å²) in [4.78, 5) is 0. The normalized spacial score (nSPS) is 12.0. The zero-order valence-corrected chi connectivity index (χ0v) is 20.3. The van der Waals surface area contributed by atoms with Crippen LogP contribution in [-0.4, -0.2) is 0 Å². The highest BCUT2D eigenvalue weighted by atomic mass is 14.2. The van der Waals surface area contributed by atoms with Crippen molar-refractivity contribution in [3.63, 3.8) is 0 Å². The molecule has 0 heteroatoms. The van der Waals surface area contributed by atoms with E-state index in [0.717, 1.165) is 0 Å². The van der Waals surface area contributed by atoms with E-state index >= 15 is 0 Å². The Bertz CT molecular complexity index is 1250. The van der Waals surface area contributed by atoms with Crippen molar-refractivity contribution >= 4 is 18.2 Å². The molecule has 0 radical (unpaired) electrons. The number of rotatable bonds is 5. The van der Waals surface area contributed by atoms with Crippen molar-refractivity contribution in [2.45, 2.75) is 53.4 Å². The maximum Gasteiger partial charge on any atom is -0.00758 e. The quantitative estimate of drug-likeness (QED) is 0.302. The Morgan fingerprint density at radius 3 is 1.84 bits per heavy atom. The summed E-state index contributed by atoms with van der Waals surface area (Å²) in [5.74, 6) is 1.01. The Balaban J connectivity index is 1.81. The molecule has 4 rings (SSSR count). The molecule has 0 bridgehead atoms. The van der Waals surface area contributed by atoms with Crippen LogP contribution in [0.1, 0.15) is 78.5 Å². The van der Waals surface area contributed by atoms with Gasteiger partial charge in [0.25, 0.3) is 0 Å². The van der Waals surface area contributed by atoms with E-state index in [1.807, 2.05) is 6.08 Å². The molecule has 0 aliphatic heterocycles. The molecule has 162 valence electrons. The Labute approximate surface area is 194 Å². The Kier molecular flexibility index (Phi) is 6.07. The van der Waals surface area contributed by atoms with E-state index in [1.54, 1.807) is 0 Å². The second-order valence-corrected chi connectivity index (χ2v) is 9.63. The number of fused-ring (bicyclic) bond motifs is 2. The first-order valence-corrected chi connectivity index (χ1v) is 11.7. The van der Waals surface area contributed by atoms with Crippen LogP contribution in [0.25, 0.3) is 40.5 Å². The maximum atomic E-state index is 4.09. The van der Waals surface area contributed by atoms with Crippen molar-refractivity contribution < 1.29 is 0 Å². The lowest BCUT2D eigenvalue weighted by molar-refractivity contribution is 0.868. The van der Waals surface area contributed by atoms with Crippen LogP contribution in [0, 0.1) is 13.8 Å². The van der Waals surface area contributed by atoms with Gasteiger partial charge in [-0.1, -0.05) is 101 Å². The maximum absolute atomic E-state index is 4.09. The predicted molar refractivity (Wildman–Crippen MR) is 143 cm³/mol. The third kappa shape index (κ3) is 4.02. The summed E-state index contributed by atoms with van der Waals surface area (Å²) in [7, 11) is 0. The van der Waals surface area contributed by atoms with E-state index in [-0.39, 0.29) is 0 Å². The van der Waals surface area contributed by atoms with E-state index in [9.17, 15) is 0 Å². The Hall–Kier alpha value is -3.12. The van der Waals surface area contributed by atoms with Crippen LogP contribution in [0.2, 0.25) is 0 Å². The van der Waals surface area contributed by atoms with E-state index < -0.39 is 0 Å². The third-order valence-electron chi connectivity index (χ3n) is 6.67. The molecule has 0 saturated heterocycles. The molecule has 0 amide bonds. The third-order valence-corrected chi connectivity index (χ3v) is 6.67. The molecule has 4 aliphatic rings. The lowest BCUT2D eigenvalue weighted by atomic mass is 9.99. The molecule has 0 unspecified atom stereocenters. The van der Waals surface area contributed by atoms with Gasteiger partial charge >= 0.3 is 0 Å². The predicted octanol–water partition coefficient (Wildman–Crippen LogP) is 9.57. The van der Waals surface area contributed by atoms with Crippen molar-refractivity contribution in [3.05, 3.63) is 100 Å². The zero-order chi connectivity index (χ0) is 23.0. The smallest absolute Gasteiger partial charge is 0.00758 e. The molecule has 0 saturated carbocycles. The second-order valence-electron chi connectivity index (χ2n) is 9.63. The van der Waals surface area contributed by atoms with Crippen LogP contribution in [0.15, 0.2) is 61.2 Å². The largest absolute Gasteiger partial charge is 0.0984 e. The summed E-state index contributed by atoms with van der Waals surface area (Å²) in [6.07, 6.45) is 6.54. The standard InChI is InChI=1S/C32H34/c1-8-24-17-29(32-23(7)10-12-27(21(4)5)19-30(24)32)16-14-25-13-15-28-18-26(20(2)3)11-9-22(6)31(25)28/h8-21H,1H2,2-7H3/b16-14+. The first-order chi connectivity index (χ1) is 15.3. The fourth-order valence-corrected chi connectivity index (χ4v) is 4.69. The van der Waals surface area contributed by atoms with Crippen molar-refractivity contribution in [1.29, 1.82) is 0 Å². The van der Waals surface area contributed by atoms with E-state index in [1.165, 1.54) is 61.2 Å². The summed E-state index contributed by atoms with van der Waals surface area (Å²) in [5.41, 5.74) is 14.4. The van der Waals surface area contributed by atoms with Gasteiger partial charge in [-0.05, 0) is 92.9 Å². The molecule has 0 aromatic rings. The van der Waals surface area contributed by atoms with Crippen molar-refractivity contribution in [2.75, 3.05) is 0 Å². The molecule has 0 fully saturated rings. The minimum Gasteiger partial charge on any atom is -0.0984 e. The SMILES string of the molecule is C=Cc1cc(/C=C/c2ccc3cc(C(C)C)ccc(C)c2-3)c2c(C)ccc(C(C)C)cc1-2. The summed E-state index contributed by atoms with van der Waals surface area (Å²) in [6.45, 7) is 17.5. The van der Waals surface area contributed by atoms with Gasteiger partial charge in [0.15, 0.2) is 0 Å². The Morgan fingerprint density at radius 1 is 0.625 bits per heavy atom. The lowest BCUT2D eigenvalue weighted by Gasteiger charge is -2.05. The van der Waals surface area contributed by atoms with Gasteiger partial charge in [0.2, 0.25) is 0 Å². The Morgan fingerprint density at radius 2 is 1.22 bits per heavy atom. The van der Waals surface area contributed by atoms with Gasteiger partial charge in [0.05, 0.1) is 0 Å². The van der Waals surface area contributed by atoms with Gasteiger partial charge in [-0.3, -0.25) is 0 Å². The number of aryl methyl sites for hydroxylation is 2. The fourth-order valence-electron chi connectivity index (χ4n) is 4.69. The van der Waals surface area contributed by atoms with Gasteiger partial charge in [0.1, 0.15) is 0 Å². The van der Waals surface area contributed by atoms with Gasteiger partial charge < -0.3 is 0 Å². The highest BCUT2D eigenvalue weighted by Gasteiger charge is 2.16. The van der Waals surface area contributed by atoms with Gasteiger partial charge in [-0.25, -0.2) is 0 Å². The molecule has 0 atom stereocenters. The molecule has 0 aromatic carbocycles. The molecular weight excluding hydrogens is 384 g/mol. The first kappa shape index (κ1) is 22.1. The van der Waals surface area contributed by atoms with E-state index in [0.29, 0.717) is 11.8 Å². The number of hydrogen-bond acceptors (Lipinski definition) is 0. The molecule has 4 aliphatic carbocycles. The summed E-state index contributed by atoms with van der Waals surface area (Å²) < 4.78 is 0. The van der Waals surface area contributed by atoms with Crippen LogP contribution >= 0.6 is 0 Å². The van der Waals surface area contributed by atoms with E-state index in [2.05, 4.69) is 115 Å². The van der Waals surface area contributed by atoms with Crippen LogP contribution in [-0.2, 0) is 0 Å². The van der Waals surface area contributed by atoms with Crippen molar-refractivity contribution in [1.82, 2.24) is 0 Å². The molecule has 0 aromatic heterocycles. The molecule has 0 N–H and O–H groups in total. The average molecular weight is 419 g/mol. The number of hydrogen-bond donors (Lipinski definition) is 0. The fraction of sp³-hybridized carbons (Fsp3) is 0.250. The minimum absolute atomic E-state index is 0.492. The van der Waals surface area contributed by atoms with Crippen LogP contribution in [0.3, 0.4) is 0 Å². The molecule has 0 heterocycles. The zero-order valence-electron chi connectivity index (χ0n) is 20.3. The summed E-state index contributed by atoms with van der Waals surface area (Å²) in [5, 5.41) is 0. The van der Waals surface area contributed by atoms with Gasteiger partial charge in [-0.15, -0.1) is 0 Å². The highest BCUT2D eigenvalue weighted by molar-refractivity contribution is 5.93. The van der Waals surface area contributed by atoms with E-state index in [4.69, 9.17) is 0 Å².